The molecule has 2 aromatic heterocycles. The maximum absolute atomic E-state index is 4.79. The van der Waals surface area contributed by atoms with E-state index in [4.69, 9.17) is 4.98 Å². The van der Waals surface area contributed by atoms with E-state index >= 15 is 0 Å². The lowest BCUT2D eigenvalue weighted by Crippen LogP contribution is -2.27. The molecule has 0 fully saturated rings. The molecule has 2 aliphatic rings. The summed E-state index contributed by atoms with van der Waals surface area (Å²) in [6.45, 7) is 8.75. The fourth-order valence-corrected chi connectivity index (χ4v) is 4.95. The van der Waals surface area contributed by atoms with E-state index in [1.54, 1.807) is 5.56 Å². The van der Waals surface area contributed by atoms with Crippen molar-refractivity contribution < 1.29 is 0 Å². The summed E-state index contributed by atoms with van der Waals surface area (Å²) in [5.41, 5.74) is 12.3. The van der Waals surface area contributed by atoms with Crippen molar-refractivity contribution in [3.8, 4) is 0 Å². The summed E-state index contributed by atoms with van der Waals surface area (Å²) in [7, 11) is 2.23. The van der Waals surface area contributed by atoms with Gasteiger partial charge in [0.1, 0.15) is 0 Å². The lowest BCUT2D eigenvalue weighted by atomic mass is 10.0. The molecule has 3 heteroatoms. The molecule has 0 radical (unpaired) electrons. The van der Waals surface area contributed by atoms with Gasteiger partial charge in [0.05, 0.1) is 5.52 Å². The average molecular weight is 358 g/mol. The van der Waals surface area contributed by atoms with E-state index in [1.165, 1.54) is 44.7 Å². The van der Waals surface area contributed by atoms with Gasteiger partial charge in [-0.2, -0.15) is 0 Å². The van der Waals surface area contributed by atoms with Gasteiger partial charge in [-0.25, -0.2) is 0 Å². The SMILES string of the molecule is CC(=C1CCc2nc(C)ccc21)n1c2c(c3cc(C)ccc31)CCN(C)C2. The molecule has 3 nitrogen and oxygen atoms in total. The van der Waals surface area contributed by atoms with Crippen LogP contribution in [0.15, 0.2) is 30.3 Å². The zero-order valence-electron chi connectivity index (χ0n) is 16.8. The number of nitrogens with zero attached hydrogens (tertiary/aromatic N) is 3. The molecule has 0 spiro atoms. The summed E-state index contributed by atoms with van der Waals surface area (Å²) in [6, 6.07) is 11.4. The predicted molar refractivity (Wildman–Crippen MR) is 113 cm³/mol. The molecule has 0 saturated heterocycles. The highest BCUT2D eigenvalue weighted by Gasteiger charge is 2.26. The number of aryl methyl sites for hydroxylation is 3. The van der Waals surface area contributed by atoms with Crippen LogP contribution in [0.5, 0.6) is 0 Å². The average Bonchev–Trinajstić information content (AvgIpc) is 3.19. The number of fused-ring (bicyclic) bond motifs is 4. The second-order valence-corrected chi connectivity index (χ2v) is 8.28. The van der Waals surface area contributed by atoms with Gasteiger partial charge in [-0.15, -0.1) is 0 Å². The van der Waals surface area contributed by atoms with Crippen LogP contribution < -0.4 is 0 Å². The molecule has 0 bridgehead atoms. The van der Waals surface area contributed by atoms with E-state index in [2.05, 4.69) is 67.6 Å². The minimum absolute atomic E-state index is 1.02. The van der Waals surface area contributed by atoms with Gasteiger partial charge < -0.3 is 9.47 Å². The maximum Gasteiger partial charge on any atom is 0.0531 e. The van der Waals surface area contributed by atoms with Gasteiger partial charge in [0, 0.05) is 46.8 Å². The molecule has 0 amide bonds. The minimum atomic E-state index is 1.02. The standard InChI is InChI=1S/C24H27N3/c1-15-5-10-23-21(13-15)20-11-12-26(4)14-24(20)27(23)17(3)18-8-9-22-19(18)7-6-16(2)25-22/h5-7,10,13H,8-9,11-12,14H2,1-4H3. The molecule has 3 aromatic rings. The monoisotopic (exact) mass is 357 g/mol. The van der Waals surface area contributed by atoms with Crippen LogP contribution in [0.1, 0.15) is 47.1 Å². The van der Waals surface area contributed by atoms with E-state index in [9.17, 15) is 0 Å². The van der Waals surface area contributed by atoms with Crippen molar-refractivity contribution in [2.45, 2.75) is 46.6 Å². The lowest BCUT2D eigenvalue weighted by Gasteiger charge is -2.25. The molecule has 1 aromatic carbocycles. The first-order chi connectivity index (χ1) is 13.0. The van der Waals surface area contributed by atoms with Crippen LogP contribution in [-0.2, 0) is 19.4 Å². The van der Waals surface area contributed by atoms with Crippen LogP contribution in [0.4, 0.5) is 0 Å². The van der Waals surface area contributed by atoms with Crippen molar-refractivity contribution in [2.75, 3.05) is 13.6 Å². The first-order valence-electron chi connectivity index (χ1n) is 10.0. The van der Waals surface area contributed by atoms with Gasteiger partial charge in [-0.3, -0.25) is 4.98 Å². The van der Waals surface area contributed by atoms with Crippen LogP contribution in [-0.4, -0.2) is 28.0 Å². The topological polar surface area (TPSA) is 21.1 Å². The van der Waals surface area contributed by atoms with Crippen LogP contribution >= 0.6 is 0 Å². The molecular formula is C24H27N3. The van der Waals surface area contributed by atoms with Gasteiger partial charge in [0.25, 0.3) is 0 Å². The van der Waals surface area contributed by atoms with Crippen LogP contribution in [0.2, 0.25) is 0 Å². The molecule has 5 rings (SSSR count). The lowest BCUT2D eigenvalue weighted by molar-refractivity contribution is 0.307. The highest BCUT2D eigenvalue weighted by molar-refractivity contribution is 5.94. The summed E-state index contributed by atoms with van der Waals surface area (Å²) in [5, 5.41) is 1.44. The Morgan fingerprint density at radius 1 is 1.04 bits per heavy atom. The minimum Gasteiger partial charge on any atom is -0.316 e. The number of rotatable bonds is 1. The first kappa shape index (κ1) is 16.8. The van der Waals surface area contributed by atoms with Crippen molar-refractivity contribution in [1.29, 1.82) is 0 Å². The maximum atomic E-state index is 4.79. The molecule has 138 valence electrons. The fraction of sp³-hybridized carbons (Fsp3) is 0.375. The summed E-state index contributed by atoms with van der Waals surface area (Å²) in [6.07, 6.45) is 3.29. The highest BCUT2D eigenvalue weighted by Crippen LogP contribution is 2.39. The first-order valence-corrected chi connectivity index (χ1v) is 10.0. The van der Waals surface area contributed by atoms with Gasteiger partial charge >= 0.3 is 0 Å². The van der Waals surface area contributed by atoms with Crippen LogP contribution in [0.3, 0.4) is 0 Å². The van der Waals surface area contributed by atoms with E-state index in [0.29, 0.717) is 0 Å². The molecular weight excluding hydrogens is 330 g/mol. The van der Waals surface area contributed by atoms with Crippen molar-refractivity contribution in [3.05, 3.63) is 64.1 Å². The Labute approximate surface area is 161 Å². The number of hydrogen-bond donors (Lipinski definition) is 0. The predicted octanol–water partition coefficient (Wildman–Crippen LogP) is 4.98. The summed E-state index contributed by atoms with van der Waals surface area (Å²) in [4.78, 5) is 7.23. The number of likely N-dealkylation sites (N-methyl/N-ethyl adjacent to an activating group) is 1. The zero-order chi connectivity index (χ0) is 18.7. The van der Waals surface area contributed by atoms with Crippen molar-refractivity contribution in [1.82, 2.24) is 14.5 Å². The summed E-state index contributed by atoms with van der Waals surface area (Å²) < 4.78 is 2.55. The molecule has 0 N–H and O–H groups in total. The highest BCUT2D eigenvalue weighted by atomic mass is 15.1. The summed E-state index contributed by atoms with van der Waals surface area (Å²) >= 11 is 0. The molecule has 0 saturated carbocycles. The third kappa shape index (κ3) is 2.56. The van der Waals surface area contributed by atoms with E-state index < -0.39 is 0 Å². The Morgan fingerprint density at radius 3 is 2.74 bits per heavy atom. The van der Waals surface area contributed by atoms with Crippen molar-refractivity contribution in [3.63, 3.8) is 0 Å². The quantitative estimate of drug-likeness (QED) is 0.613. The number of aromatic nitrogens is 2. The summed E-state index contributed by atoms with van der Waals surface area (Å²) in [5.74, 6) is 0. The second kappa shape index (κ2) is 6.07. The normalized spacial score (nSPS) is 18.7. The van der Waals surface area contributed by atoms with E-state index in [0.717, 1.165) is 38.0 Å². The second-order valence-electron chi connectivity index (χ2n) is 8.28. The molecule has 27 heavy (non-hydrogen) atoms. The van der Waals surface area contributed by atoms with Crippen LogP contribution in [0.25, 0.3) is 22.2 Å². The fourth-order valence-electron chi connectivity index (χ4n) is 4.95. The largest absolute Gasteiger partial charge is 0.316 e. The van der Waals surface area contributed by atoms with Gasteiger partial charge in [-0.05, 0) is 76.4 Å². The number of hydrogen-bond acceptors (Lipinski definition) is 2. The Morgan fingerprint density at radius 2 is 1.89 bits per heavy atom. The Bertz CT molecular complexity index is 1100. The number of allylic oxidation sites excluding steroid dienone is 2. The Hall–Kier alpha value is -2.39. The molecule has 0 atom stereocenters. The number of benzene rings is 1. The third-order valence-electron chi connectivity index (χ3n) is 6.32. The van der Waals surface area contributed by atoms with Gasteiger partial charge in [0.2, 0.25) is 0 Å². The Balaban J connectivity index is 1.78. The zero-order valence-corrected chi connectivity index (χ0v) is 16.8. The third-order valence-corrected chi connectivity index (χ3v) is 6.32. The Kier molecular flexibility index (Phi) is 3.76. The van der Waals surface area contributed by atoms with Gasteiger partial charge in [0.15, 0.2) is 0 Å². The van der Waals surface area contributed by atoms with Crippen molar-refractivity contribution in [2.24, 2.45) is 0 Å². The van der Waals surface area contributed by atoms with Crippen molar-refractivity contribution >= 4 is 22.2 Å². The molecule has 3 heterocycles. The number of pyridine rings is 1. The molecule has 1 aliphatic carbocycles. The van der Waals surface area contributed by atoms with Crippen LogP contribution in [0, 0.1) is 13.8 Å². The molecule has 1 aliphatic heterocycles. The smallest absolute Gasteiger partial charge is 0.0531 e. The van der Waals surface area contributed by atoms with E-state index in [-0.39, 0.29) is 0 Å². The molecule has 0 unspecified atom stereocenters. The van der Waals surface area contributed by atoms with Gasteiger partial charge in [-0.1, -0.05) is 17.7 Å². The van der Waals surface area contributed by atoms with E-state index in [1.807, 2.05) is 0 Å².